The standard InChI is InChI=1S/C12H19N3O2S/c1-10-6-7-11(15(16)17)12(14-10)13-8-4-3-5-9-18-2/h6-7H,3-5,8-9H2,1-2H3,(H,13,14). The Labute approximate surface area is 112 Å². The fourth-order valence-corrected chi connectivity index (χ4v) is 2.07. The van der Waals surface area contributed by atoms with E-state index < -0.39 is 4.92 Å². The highest BCUT2D eigenvalue weighted by Crippen LogP contribution is 2.21. The van der Waals surface area contributed by atoms with Gasteiger partial charge in [-0.15, -0.1) is 0 Å². The molecule has 0 atom stereocenters. The van der Waals surface area contributed by atoms with E-state index in [-0.39, 0.29) is 5.69 Å². The molecule has 0 aliphatic carbocycles. The summed E-state index contributed by atoms with van der Waals surface area (Å²) in [6, 6.07) is 3.15. The number of nitrogens with zero attached hydrogens (tertiary/aromatic N) is 2. The van der Waals surface area contributed by atoms with E-state index in [9.17, 15) is 10.1 Å². The molecule has 0 saturated carbocycles. The molecule has 1 aromatic rings. The van der Waals surface area contributed by atoms with E-state index in [4.69, 9.17) is 0 Å². The molecule has 0 aromatic carbocycles. The van der Waals surface area contributed by atoms with Crippen LogP contribution in [0, 0.1) is 17.0 Å². The van der Waals surface area contributed by atoms with Gasteiger partial charge in [0, 0.05) is 18.3 Å². The van der Waals surface area contributed by atoms with Crippen molar-refractivity contribution in [3.63, 3.8) is 0 Å². The Kier molecular flexibility index (Phi) is 6.49. The molecule has 5 nitrogen and oxygen atoms in total. The fraction of sp³-hybridized carbons (Fsp3) is 0.583. The molecule has 6 heteroatoms. The maximum Gasteiger partial charge on any atom is 0.311 e. The number of hydrogen-bond donors (Lipinski definition) is 1. The Morgan fingerprint density at radius 1 is 1.39 bits per heavy atom. The van der Waals surface area contributed by atoms with Crippen molar-refractivity contribution >= 4 is 23.3 Å². The molecule has 0 bridgehead atoms. The van der Waals surface area contributed by atoms with E-state index >= 15 is 0 Å². The first-order valence-corrected chi connectivity index (χ1v) is 7.39. The Bertz CT molecular complexity index is 399. The van der Waals surface area contributed by atoms with Gasteiger partial charge in [0.15, 0.2) is 0 Å². The third kappa shape index (κ3) is 4.91. The zero-order valence-electron chi connectivity index (χ0n) is 10.8. The molecular weight excluding hydrogens is 250 g/mol. The lowest BCUT2D eigenvalue weighted by Crippen LogP contribution is -2.07. The molecule has 0 fully saturated rings. The van der Waals surface area contributed by atoms with Crippen molar-refractivity contribution < 1.29 is 4.92 Å². The van der Waals surface area contributed by atoms with E-state index in [2.05, 4.69) is 16.6 Å². The van der Waals surface area contributed by atoms with Gasteiger partial charge in [-0.2, -0.15) is 11.8 Å². The van der Waals surface area contributed by atoms with Crippen LogP contribution in [0.25, 0.3) is 0 Å². The van der Waals surface area contributed by atoms with Crippen LogP contribution in [0.5, 0.6) is 0 Å². The Hall–Kier alpha value is -1.30. The Balaban J connectivity index is 2.45. The quantitative estimate of drug-likeness (QED) is 0.446. The van der Waals surface area contributed by atoms with Crippen LogP contribution in [-0.4, -0.2) is 28.5 Å². The predicted octanol–water partition coefficient (Wildman–Crippen LogP) is 3.24. The van der Waals surface area contributed by atoms with Crippen LogP contribution in [0.4, 0.5) is 11.5 Å². The summed E-state index contributed by atoms with van der Waals surface area (Å²) in [5.74, 6) is 1.55. The molecule has 1 N–H and O–H groups in total. The number of nitrogens with one attached hydrogen (secondary N) is 1. The maximum atomic E-state index is 10.8. The Morgan fingerprint density at radius 2 is 2.17 bits per heavy atom. The average molecular weight is 269 g/mol. The summed E-state index contributed by atoms with van der Waals surface area (Å²) in [5, 5.41) is 13.9. The molecule has 0 aliphatic rings. The second-order valence-corrected chi connectivity index (χ2v) is 5.04. The number of pyridine rings is 1. The first kappa shape index (κ1) is 14.8. The summed E-state index contributed by atoms with van der Waals surface area (Å²) >= 11 is 1.84. The molecule has 0 spiro atoms. The third-order valence-electron chi connectivity index (χ3n) is 2.53. The van der Waals surface area contributed by atoms with Crippen molar-refractivity contribution in [2.24, 2.45) is 0 Å². The van der Waals surface area contributed by atoms with Crippen molar-refractivity contribution in [1.29, 1.82) is 0 Å². The molecule has 1 rings (SSSR count). The largest absolute Gasteiger partial charge is 0.364 e. The van der Waals surface area contributed by atoms with Gasteiger partial charge < -0.3 is 5.32 Å². The minimum Gasteiger partial charge on any atom is -0.364 e. The van der Waals surface area contributed by atoms with E-state index in [0.717, 1.165) is 25.1 Å². The minimum absolute atomic E-state index is 0.0460. The molecule has 0 amide bonds. The highest BCUT2D eigenvalue weighted by molar-refractivity contribution is 7.98. The molecule has 1 aromatic heterocycles. The van der Waals surface area contributed by atoms with Gasteiger partial charge in [0.1, 0.15) is 0 Å². The van der Waals surface area contributed by atoms with Crippen LogP contribution in [0.15, 0.2) is 12.1 Å². The van der Waals surface area contributed by atoms with Gasteiger partial charge in [0.25, 0.3) is 0 Å². The van der Waals surface area contributed by atoms with Crippen molar-refractivity contribution in [3.8, 4) is 0 Å². The molecular formula is C12H19N3O2S. The second-order valence-electron chi connectivity index (χ2n) is 4.06. The third-order valence-corrected chi connectivity index (χ3v) is 3.22. The van der Waals surface area contributed by atoms with Gasteiger partial charge in [0.05, 0.1) is 4.92 Å². The lowest BCUT2D eigenvalue weighted by atomic mass is 10.2. The van der Waals surface area contributed by atoms with E-state index in [0.29, 0.717) is 5.82 Å². The number of unbranched alkanes of at least 4 members (excludes halogenated alkanes) is 2. The summed E-state index contributed by atoms with van der Waals surface area (Å²) < 4.78 is 0. The zero-order chi connectivity index (χ0) is 13.4. The normalized spacial score (nSPS) is 10.3. The minimum atomic E-state index is -0.400. The van der Waals surface area contributed by atoms with Crippen LogP contribution in [0.2, 0.25) is 0 Å². The summed E-state index contributed by atoms with van der Waals surface area (Å²) in [6.07, 6.45) is 5.42. The molecule has 0 aliphatic heterocycles. The second kappa shape index (κ2) is 7.92. The lowest BCUT2D eigenvalue weighted by molar-refractivity contribution is -0.384. The highest BCUT2D eigenvalue weighted by atomic mass is 32.2. The van der Waals surface area contributed by atoms with Crippen LogP contribution in [0.1, 0.15) is 25.0 Å². The SMILES string of the molecule is CSCCCCCNc1nc(C)ccc1[N+](=O)[O-]. The molecule has 0 unspecified atom stereocenters. The van der Waals surface area contributed by atoms with Gasteiger partial charge in [-0.3, -0.25) is 10.1 Å². The number of thioether (sulfide) groups is 1. The van der Waals surface area contributed by atoms with Gasteiger partial charge >= 0.3 is 5.69 Å². The molecule has 18 heavy (non-hydrogen) atoms. The summed E-state index contributed by atoms with van der Waals surface area (Å²) in [6.45, 7) is 2.55. The van der Waals surface area contributed by atoms with Crippen molar-refractivity contribution in [2.45, 2.75) is 26.2 Å². The average Bonchev–Trinajstić information content (AvgIpc) is 2.33. The van der Waals surface area contributed by atoms with Crippen molar-refractivity contribution in [3.05, 3.63) is 27.9 Å². The number of rotatable bonds is 8. The van der Waals surface area contributed by atoms with Gasteiger partial charge in [-0.05, 0) is 37.8 Å². The lowest BCUT2D eigenvalue weighted by Gasteiger charge is -2.06. The van der Waals surface area contributed by atoms with Crippen LogP contribution in [-0.2, 0) is 0 Å². The molecule has 0 radical (unpaired) electrons. The smallest absolute Gasteiger partial charge is 0.311 e. The monoisotopic (exact) mass is 269 g/mol. The predicted molar refractivity (Wildman–Crippen MR) is 76.4 cm³/mol. The molecule has 0 saturated heterocycles. The van der Waals surface area contributed by atoms with Crippen LogP contribution in [0.3, 0.4) is 0 Å². The summed E-state index contributed by atoms with van der Waals surface area (Å²) in [5.41, 5.74) is 0.829. The van der Waals surface area contributed by atoms with Crippen LogP contribution < -0.4 is 5.32 Å². The zero-order valence-corrected chi connectivity index (χ0v) is 11.6. The fourth-order valence-electron chi connectivity index (χ4n) is 1.58. The number of aryl methyl sites for hydroxylation is 1. The Morgan fingerprint density at radius 3 is 2.83 bits per heavy atom. The molecule has 100 valence electrons. The van der Waals surface area contributed by atoms with E-state index in [1.165, 1.54) is 18.2 Å². The topological polar surface area (TPSA) is 68.1 Å². The number of hydrogen-bond acceptors (Lipinski definition) is 5. The van der Waals surface area contributed by atoms with E-state index in [1.54, 1.807) is 6.07 Å². The van der Waals surface area contributed by atoms with Crippen molar-refractivity contribution in [2.75, 3.05) is 23.9 Å². The number of nitro groups is 1. The van der Waals surface area contributed by atoms with Crippen LogP contribution >= 0.6 is 11.8 Å². The number of aromatic nitrogens is 1. The van der Waals surface area contributed by atoms with E-state index in [1.807, 2.05) is 18.7 Å². The van der Waals surface area contributed by atoms with Gasteiger partial charge in [-0.25, -0.2) is 4.98 Å². The first-order chi connectivity index (χ1) is 8.65. The van der Waals surface area contributed by atoms with Gasteiger partial charge in [-0.1, -0.05) is 6.42 Å². The maximum absolute atomic E-state index is 10.8. The first-order valence-electron chi connectivity index (χ1n) is 6.00. The van der Waals surface area contributed by atoms with Gasteiger partial charge in [0.2, 0.25) is 5.82 Å². The summed E-state index contributed by atoms with van der Waals surface area (Å²) in [4.78, 5) is 14.6. The summed E-state index contributed by atoms with van der Waals surface area (Å²) in [7, 11) is 0. The molecule has 1 heterocycles. The highest BCUT2D eigenvalue weighted by Gasteiger charge is 2.14. The van der Waals surface area contributed by atoms with Crippen molar-refractivity contribution in [1.82, 2.24) is 4.98 Å². The number of anilines is 1.